The molecule has 60 valence electrons. The molecule has 0 radical (unpaired) electrons. The van der Waals surface area contributed by atoms with Gasteiger partial charge in [-0.1, -0.05) is 35.4 Å². The van der Waals surface area contributed by atoms with E-state index >= 15 is 0 Å². The van der Waals surface area contributed by atoms with Crippen molar-refractivity contribution in [3.05, 3.63) is 0 Å². The summed E-state index contributed by atoms with van der Waals surface area (Å²) in [7, 11) is 1.46. The third-order valence-electron chi connectivity index (χ3n) is 0.354. The van der Waals surface area contributed by atoms with Gasteiger partial charge in [0.25, 0.3) is 0 Å². The zero-order valence-corrected chi connectivity index (χ0v) is 5.49. The van der Waals surface area contributed by atoms with Gasteiger partial charge in [0.05, 0.1) is 13.0 Å². The maximum Gasteiger partial charge on any atom is 0.0759 e. The van der Waals surface area contributed by atoms with Crippen LogP contribution in [0.3, 0.4) is 0 Å². The maximum atomic E-state index is 4.72. The molecular formula is C7H22OSi. The van der Waals surface area contributed by atoms with Crippen molar-refractivity contribution in [3.8, 4) is 0 Å². The average Bonchev–Trinajstić information content (AvgIpc) is 1.35. The molecule has 0 bridgehead atoms. The summed E-state index contributed by atoms with van der Waals surface area (Å²) in [5, 5.41) is 0. The molecule has 0 amide bonds. The monoisotopic (exact) mass is 150 g/mol. The molecule has 0 N–H and O–H groups in total. The van der Waals surface area contributed by atoms with E-state index in [-0.39, 0.29) is 30.7 Å². The highest BCUT2D eigenvalue weighted by Gasteiger charge is 1.69. The van der Waals surface area contributed by atoms with Crippen molar-refractivity contribution in [3.63, 3.8) is 0 Å². The van der Waals surface area contributed by atoms with E-state index in [2.05, 4.69) is 13.1 Å². The molecule has 0 heterocycles. The molecule has 0 atom stereocenters. The van der Waals surface area contributed by atoms with E-state index in [1.54, 1.807) is 7.11 Å². The highest BCUT2D eigenvalue weighted by molar-refractivity contribution is 6.62. The molecule has 0 rings (SSSR count). The molecule has 0 spiro atoms. The molecule has 0 aliphatic carbocycles. The minimum Gasteiger partial charge on any atom is -0.510 e. The Kier molecular flexibility index (Phi) is 40.3. The van der Waals surface area contributed by atoms with E-state index in [0.29, 0.717) is 0 Å². The van der Waals surface area contributed by atoms with Gasteiger partial charge in [0.1, 0.15) is 0 Å². The summed E-state index contributed by atoms with van der Waals surface area (Å²) in [5.41, 5.74) is 0. The highest BCUT2D eigenvalue weighted by Crippen LogP contribution is 1.59. The van der Waals surface area contributed by atoms with E-state index in [1.807, 2.05) is 5.86 Å². The molecule has 0 aliphatic rings. The Morgan fingerprint density at radius 1 is 1.11 bits per heavy atom. The molecule has 0 aromatic rings. The van der Waals surface area contributed by atoms with Crippen molar-refractivity contribution in [2.45, 2.75) is 35.4 Å². The molecular weight excluding hydrogens is 128 g/mol. The topological polar surface area (TPSA) is 9.23 Å². The fraction of sp³-hybridized carbons (Fsp3) is 0.857. The summed E-state index contributed by atoms with van der Waals surface area (Å²) in [6.07, 6.45) is 0. The first kappa shape index (κ1) is 23.1. The Labute approximate surface area is 62.3 Å². The first-order chi connectivity index (χ1) is 2.77. The van der Waals surface area contributed by atoms with Crippen LogP contribution in [0.15, 0.2) is 0 Å². The fourth-order valence-corrected chi connectivity index (χ4v) is 0.707. The van der Waals surface area contributed by atoms with Gasteiger partial charge in [-0.2, -0.15) is 0 Å². The van der Waals surface area contributed by atoms with Crippen LogP contribution in [0.5, 0.6) is 0 Å². The summed E-state index contributed by atoms with van der Waals surface area (Å²) < 4.78 is 4.72. The van der Waals surface area contributed by atoms with E-state index in [4.69, 9.17) is 4.74 Å². The maximum absolute atomic E-state index is 4.72. The van der Waals surface area contributed by atoms with Crippen LogP contribution in [-0.4, -0.2) is 21.4 Å². The number of methoxy groups -OCH3 is 1. The standard InChI is InChI=1S/C4H10OSi.3CH4/c1-5-4-6(2)3;;;/h4H,1-3H3;3*1H4. The summed E-state index contributed by atoms with van der Waals surface area (Å²) in [6, 6.07) is 0. The molecule has 0 saturated carbocycles. The minimum atomic E-state index is -0.233. The number of rotatable bonds is 1. The summed E-state index contributed by atoms with van der Waals surface area (Å²) in [6.45, 7) is 4.35. The van der Waals surface area contributed by atoms with Crippen molar-refractivity contribution < 1.29 is 4.74 Å². The molecule has 0 aliphatic heterocycles. The third-order valence-corrected chi connectivity index (χ3v) is 1.06. The Morgan fingerprint density at radius 3 is 1.44 bits per heavy atom. The van der Waals surface area contributed by atoms with Crippen LogP contribution in [0, 0.1) is 0 Å². The lowest BCUT2D eigenvalue weighted by Crippen LogP contribution is -1.91. The third kappa shape index (κ3) is 32.8. The van der Waals surface area contributed by atoms with Gasteiger partial charge in [0.2, 0.25) is 0 Å². The summed E-state index contributed by atoms with van der Waals surface area (Å²) in [5.74, 6) is 1.89. The molecule has 2 heteroatoms. The van der Waals surface area contributed by atoms with Gasteiger partial charge < -0.3 is 4.74 Å². The Bertz CT molecular complexity index is 55.9. The van der Waals surface area contributed by atoms with Crippen LogP contribution in [0.4, 0.5) is 0 Å². The first-order valence-corrected chi connectivity index (χ1v) is 4.51. The van der Waals surface area contributed by atoms with Crippen molar-refractivity contribution in [2.24, 2.45) is 0 Å². The minimum absolute atomic E-state index is 0. The van der Waals surface area contributed by atoms with Crippen LogP contribution >= 0.6 is 0 Å². The van der Waals surface area contributed by atoms with Gasteiger partial charge in [-0.25, -0.2) is 0 Å². The van der Waals surface area contributed by atoms with Crippen molar-refractivity contribution in [1.29, 1.82) is 0 Å². The van der Waals surface area contributed by atoms with E-state index < -0.39 is 0 Å². The predicted octanol–water partition coefficient (Wildman–Crippen LogP) is 2.64. The van der Waals surface area contributed by atoms with Crippen molar-refractivity contribution >= 4 is 14.3 Å². The second-order valence-electron chi connectivity index (χ2n) is 1.43. The predicted molar refractivity (Wildman–Crippen MR) is 50.7 cm³/mol. The molecule has 0 saturated heterocycles. The fourth-order valence-electron chi connectivity index (χ4n) is 0.236. The van der Waals surface area contributed by atoms with Gasteiger partial charge in [0.15, 0.2) is 0 Å². The Balaban J connectivity index is -0.0000000417. The number of hydrogen-bond acceptors (Lipinski definition) is 1. The number of hydrogen-bond donors (Lipinski definition) is 0. The Hall–Kier alpha value is -0.113. The number of ether oxygens (including phenoxy) is 1. The molecule has 0 unspecified atom stereocenters. The largest absolute Gasteiger partial charge is 0.510 e. The smallest absolute Gasteiger partial charge is 0.0759 e. The molecule has 0 aromatic heterocycles. The normalized spacial score (nSPS) is 4.78. The molecule has 9 heavy (non-hydrogen) atoms. The quantitative estimate of drug-likeness (QED) is 0.522. The van der Waals surface area contributed by atoms with E-state index in [9.17, 15) is 0 Å². The van der Waals surface area contributed by atoms with Crippen LogP contribution in [0.1, 0.15) is 22.3 Å². The first-order valence-electron chi connectivity index (χ1n) is 1.93. The zero-order chi connectivity index (χ0) is 4.99. The zero-order valence-electron chi connectivity index (χ0n) is 4.49. The molecule has 0 fully saturated rings. The molecule has 1 nitrogen and oxygen atoms in total. The summed E-state index contributed by atoms with van der Waals surface area (Å²) in [4.78, 5) is 0. The molecule has 0 aromatic carbocycles. The van der Waals surface area contributed by atoms with Crippen LogP contribution in [-0.2, 0) is 4.74 Å². The van der Waals surface area contributed by atoms with Crippen LogP contribution < -0.4 is 0 Å². The SMILES string of the molecule is C.C.C.COC=[Si](C)C. The van der Waals surface area contributed by atoms with Crippen LogP contribution in [0.25, 0.3) is 0 Å². The van der Waals surface area contributed by atoms with E-state index in [1.165, 1.54) is 0 Å². The lowest BCUT2D eigenvalue weighted by molar-refractivity contribution is 0.431. The summed E-state index contributed by atoms with van der Waals surface area (Å²) >= 11 is 0. The Morgan fingerprint density at radius 2 is 1.44 bits per heavy atom. The van der Waals surface area contributed by atoms with Gasteiger partial charge in [-0.3, -0.25) is 0 Å². The van der Waals surface area contributed by atoms with Crippen molar-refractivity contribution in [2.75, 3.05) is 7.11 Å². The highest BCUT2D eigenvalue weighted by atomic mass is 28.2. The van der Waals surface area contributed by atoms with Gasteiger partial charge >= 0.3 is 0 Å². The average molecular weight is 150 g/mol. The second kappa shape index (κ2) is 15.7. The van der Waals surface area contributed by atoms with Gasteiger partial charge in [-0.05, 0) is 0 Å². The van der Waals surface area contributed by atoms with Gasteiger partial charge in [0, 0.05) is 8.41 Å². The van der Waals surface area contributed by atoms with Gasteiger partial charge in [-0.15, -0.1) is 0 Å². The van der Waals surface area contributed by atoms with Crippen molar-refractivity contribution in [1.82, 2.24) is 0 Å². The lowest BCUT2D eigenvalue weighted by atomic mass is 11.5. The second-order valence-corrected chi connectivity index (χ2v) is 3.82. The van der Waals surface area contributed by atoms with Crippen LogP contribution in [0.2, 0.25) is 13.1 Å². The lowest BCUT2D eigenvalue weighted by Gasteiger charge is -1.84. The van der Waals surface area contributed by atoms with E-state index in [0.717, 1.165) is 0 Å².